The Kier molecular flexibility index (Phi) is 4.65. The van der Waals surface area contributed by atoms with Crippen LogP contribution in [0.25, 0.3) is 0 Å². The average Bonchev–Trinajstić information content (AvgIpc) is 3.11. The number of ether oxygens (including phenoxy) is 1. The zero-order valence-electron chi connectivity index (χ0n) is 12.8. The van der Waals surface area contributed by atoms with Crippen molar-refractivity contribution < 1.29 is 17.6 Å². The van der Waals surface area contributed by atoms with Gasteiger partial charge in [-0.15, -0.1) is 0 Å². The Morgan fingerprint density at radius 1 is 1.26 bits per heavy atom. The number of aromatic nitrogens is 1. The summed E-state index contributed by atoms with van der Waals surface area (Å²) in [6, 6.07) is 6.86. The van der Waals surface area contributed by atoms with Crippen LogP contribution in [0.2, 0.25) is 0 Å². The molecule has 0 spiro atoms. The molecule has 1 N–H and O–H groups in total. The highest BCUT2D eigenvalue weighted by molar-refractivity contribution is 7.89. The molecular formula is C15H19N3O4S. The molecule has 0 aliphatic carbocycles. The first kappa shape index (κ1) is 16.0. The van der Waals surface area contributed by atoms with Crippen molar-refractivity contribution in [3.8, 4) is 0 Å². The van der Waals surface area contributed by atoms with Gasteiger partial charge in [0.25, 0.3) is 0 Å². The van der Waals surface area contributed by atoms with Crippen molar-refractivity contribution in [3.63, 3.8) is 0 Å². The van der Waals surface area contributed by atoms with Gasteiger partial charge in [-0.05, 0) is 31.2 Å². The maximum Gasteiger partial charge on any atom is 0.244 e. The fraction of sp³-hybridized carbons (Fsp3) is 0.400. The number of sulfonamides is 1. The van der Waals surface area contributed by atoms with Gasteiger partial charge in [-0.1, -0.05) is 0 Å². The van der Waals surface area contributed by atoms with Crippen LogP contribution in [0.5, 0.6) is 0 Å². The first-order valence-corrected chi connectivity index (χ1v) is 8.85. The van der Waals surface area contributed by atoms with Crippen molar-refractivity contribution in [3.05, 3.63) is 42.5 Å². The second kappa shape index (κ2) is 6.69. The third-order valence-electron chi connectivity index (χ3n) is 3.68. The van der Waals surface area contributed by atoms with Gasteiger partial charge in [-0.25, -0.2) is 13.4 Å². The summed E-state index contributed by atoms with van der Waals surface area (Å²) in [6.07, 6.45) is 2.99. The lowest BCUT2D eigenvalue weighted by Crippen LogP contribution is -2.40. The highest BCUT2D eigenvalue weighted by Crippen LogP contribution is 2.21. The van der Waals surface area contributed by atoms with Crippen LogP contribution in [0.3, 0.4) is 0 Å². The van der Waals surface area contributed by atoms with Gasteiger partial charge in [0, 0.05) is 19.3 Å². The molecule has 7 nitrogen and oxygen atoms in total. The SMILES string of the molecule is C[C@@H](Nc1ccc(S(=O)(=O)N2CCOCC2)cn1)c1ccco1. The number of nitrogens with one attached hydrogen (secondary N) is 1. The molecule has 0 aromatic carbocycles. The molecule has 1 aliphatic heterocycles. The summed E-state index contributed by atoms with van der Waals surface area (Å²) in [7, 11) is -3.51. The van der Waals surface area contributed by atoms with E-state index in [1.807, 2.05) is 19.1 Å². The van der Waals surface area contributed by atoms with Crippen molar-refractivity contribution in [1.82, 2.24) is 9.29 Å². The van der Waals surface area contributed by atoms with Crippen molar-refractivity contribution in [1.29, 1.82) is 0 Å². The maximum absolute atomic E-state index is 12.5. The average molecular weight is 337 g/mol. The van der Waals surface area contributed by atoms with E-state index in [4.69, 9.17) is 9.15 Å². The van der Waals surface area contributed by atoms with Crippen LogP contribution in [0.4, 0.5) is 5.82 Å². The predicted octanol–water partition coefficient (Wildman–Crippen LogP) is 1.87. The molecular weight excluding hydrogens is 318 g/mol. The summed E-state index contributed by atoms with van der Waals surface area (Å²) >= 11 is 0. The second-order valence-electron chi connectivity index (χ2n) is 5.28. The van der Waals surface area contributed by atoms with E-state index >= 15 is 0 Å². The molecule has 0 unspecified atom stereocenters. The smallest absolute Gasteiger partial charge is 0.244 e. The van der Waals surface area contributed by atoms with E-state index in [2.05, 4.69) is 10.3 Å². The predicted molar refractivity (Wildman–Crippen MR) is 84.6 cm³/mol. The van der Waals surface area contributed by atoms with Crippen molar-refractivity contribution in [2.45, 2.75) is 17.9 Å². The standard InChI is InChI=1S/C15H19N3O4S/c1-12(14-3-2-8-22-14)17-15-5-4-13(11-16-15)23(19,20)18-6-9-21-10-7-18/h2-5,8,11-12H,6-7,9-10H2,1H3,(H,16,17)/t12-/m1/s1. The van der Waals surface area contributed by atoms with E-state index in [-0.39, 0.29) is 10.9 Å². The number of furan rings is 1. The van der Waals surface area contributed by atoms with Crippen LogP contribution >= 0.6 is 0 Å². The van der Waals surface area contributed by atoms with E-state index in [1.54, 1.807) is 18.4 Å². The zero-order chi connectivity index (χ0) is 16.3. The number of hydrogen-bond acceptors (Lipinski definition) is 6. The molecule has 23 heavy (non-hydrogen) atoms. The molecule has 3 rings (SSSR count). The summed E-state index contributed by atoms with van der Waals surface area (Å²) in [4.78, 5) is 4.39. The molecule has 124 valence electrons. The molecule has 0 bridgehead atoms. The molecule has 3 heterocycles. The van der Waals surface area contributed by atoms with Crippen molar-refractivity contribution in [2.24, 2.45) is 0 Å². The van der Waals surface area contributed by atoms with Gasteiger partial charge in [0.15, 0.2) is 0 Å². The Labute approximate surface area is 135 Å². The van der Waals surface area contributed by atoms with Gasteiger partial charge in [-0.3, -0.25) is 0 Å². The first-order chi connectivity index (χ1) is 11.1. The lowest BCUT2D eigenvalue weighted by Gasteiger charge is -2.25. The topological polar surface area (TPSA) is 84.7 Å². The third kappa shape index (κ3) is 3.54. The van der Waals surface area contributed by atoms with E-state index in [1.165, 1.54) is 10.5 Å². The van der Waals surface area contributed by atoms with Crippen LogP contribution in [-0.4, -0.2) is 44.0 Å². The van der Waals surface area contributed by atoms with Crippen LogP contribution in [0, 0.1) is 0 Å². The molecule has 0 amide bonds. The molecule has 0 saturated carbocycles. The zero-order valence-corrected chi connectivity index (χ0v) is 13.6. The summed E-state index contributed by atoms with van der Waals surface area (Å²) < 4.78 is 36.9. The van der Waals surface area contributed by atoms with E-state index in [0.717, 1.165) is 5.76 Å². The van der Waals surface area contributed by atoms with Crippen LogP contribution in [0.15, 0.2) is 46.0 Å². The van der Waals surface area contributed by atoms with Gasteiger partial charge in [0.2, 0.25) is 10.0 Å². The third-order valence-corrected chi connectivity index (χ3v) is 5.56. The maximum atomic E-state index is 12.5. The summed E-state index contributed by atoms with van der Waals surface area (Å²) in [6.45, 7) is 3.54. The number of morpholine rings is 1. The Hall–Kier alpha value is -1.90. The van der Waals surface area contributed by atoms with Gasteiger partial charge < -0.3 is 14.5 Å². The molecule has 1 atom stereocenters. The minimum Gasteiger partial charge on any atom is -0.467 e. The van der Waals surface area contributed by atoms with Crippen molar-refractivity contribution >= 4 is 15.8 Å². The molecule has 2 aromatic rings. The molecule has 2 aromatic heterocycles. The molecule has 1 saturated heterocycles. The normalized spacial score (nSPS) is 17.8. The highest BCUT2D eigenvalue weighted by atomic mass is 32.2. The Balaban J connectivity index is 1.71. The van der Waals surface area contributed by atoms with Gasteiger partial charge in [-0.2, -0.15) is 4.31 Å². The molecule has 8 heteroatoms. The largest absolute Gasteiger partial charge is 0.467 e. The van der Waals surface area contributed by atoms with E-state index in [0.29, 0.717) is 32.1 Å². The van der Waals surface area contributed by atoms with E-state index in [9.17, 15) is 8.42 Å². The molecule has 0 radical (unpaired) electrons. The van der Waals surface area contributed by atoms with Gasteiger partial charge in [0.05, 0.1) is 25.5 Å². The van der Waals surface area contributed by atoms with Gasteiger partial charge >= 0.3 is 0 Å². The molecule has 1 aliphatic rings. The van der Waals surface area contributed by atoms with Crippen LogP contribution in [-0.2, 0) is 14.8 Å². The highest BCUT2D eigenvalue weighted by Gasteiger charge is 2.26. The van der Waals surface area contributed by atoms with Gasteiger partial charge in [0.1, 0.15) is 16.5 Å². The minimum atomic E-state index is -3.51. The number of hydrogen-bond donors (Lipinski definition) is 1. The summed E-state index contributed by atoms with van der Waals surface area (Å²) in [5, 5.41) is 3.17. The van der Waals surface area contributed by atoms with Crippen molar-refractivity contribution in [2.75, 3.05) is 31.6 Å². The summed E-state index contributed by atoms with van der Waals surface area (Å²) in [5.41, 5.74) is 0. The fourth-order valence-electron chi connectivity index (χ4n) is 2.38. The number of anilines is 1. The van der Waals surface area contributed by atoms with Crippen LogP contribution < -0.4 is 5.32 Å². The monoisotopic (exact) mass is 337 g/mol. The van der Waals surface area contributed by atoms with E-state index < -0.39 is 10.0 Å². The lowest BCUT2D eigenvalue weighted by atomic mass is 10.2. The Morgan fingerprint density at radius 2 is 2.04 bits per heavy atom. The summed E-state index contributed by atoms with van der Waals surface area (Å²) in [5.74, 6) is 1.38. The minimum absolute atomic E-state index is 0.0563. The Bertz CT molecular complexity index is 723. The first-order valence-electron chi connectivity index (χ1n) is 7.41. The number of rotatable bonds is 5. The molecule has 1 fully saturated rings. The lowest BCUT2D eigenvalue weighted by molar-refractivity contribution is 0.0730. The van der Waals surface area contributed by atoms with Crippen LogP contribution in [0.1, 0.15) is 18.7 Å². The second-order valence-corrected chi connectivity index (χ2v) is 7.21. The fourth-order valence-corrected chi connectivity index (χ4v) is 3.74. The quantitative estimate of drug-likeness (QED) is 0.896. The number of pyridine rings is 1. The number of nitrogens with zero attached hydrogens (tertiary/aromatic N) is 2. The Morgan fingerprint density at radius 3 is 2.65 bits per heavy atom.